The van der Waals surface area contributed by atoms with Gasteiger partial charge in [0.15, 0.2) is 0 Å². The fraction of sp³-hybridized carbons (Fsp3) is 0.846. The zero-order chi connectivity index (χ0) is 15.6. The molecule has 2 heterocycles. The maximum atomic E-state index is 12.8. The number of alkyl halides is 3. The number of hydrogen-bond acceptors (Lipinski definition) is 4. The Balaban J connectivity index is 2.11. The van der Waals surface area contributed by atoms with Gasteiger partial charge in [0, 0.05) is 25.2 Å². The van der Waals surface area contributed by atoms with Gasteiger partial charge in [-0.05, 0) is 19.9 Å². The van der Waals surface area contributed by atoms with Crippen LogP contribution in [-0.2, 0) is 19.3 Å². The molecule has 0 radical (unpaired) electrons. The minimum atomic E-state index is -4.44. The number of hydrogen-bond donors (Lipinski definition) is 1. The number of nitrogens with zero attached hydrogens (tertiary/aromatic N) is 4. The van der Waals surface area contributed by atoms with Crippen molar-refractivity contribution in [2.24, 2.45) is 0 Å². The van der Waals surface area contributed by atoms with Crippen molar-refractivity contribution in [1.82, 2.24) is 25.0 Å². The molecule has 0 aliphatic carbocycles. The molecule has 5 nitrogen and oxygen atoms in total. The molecule has 1 aliphatic rings. The van der Waals surface area contributed by atoms with Crippen molar-refractivity contribution in [3.8, 4) is 0 Å². The van der Waals surface area contributed by atoms with Crippen molar-refractivity contribution in [3.63, 3.8) is 0 Å². The highest BCUT2D eigenvalue weighted by atomic mass is 19.4. The second-order valence-corrected chi connectivity index (χ2v) is 5.37. The summed E-state index contributed by atoms with van der Waals surface area (Å²) in [6, 6.07) is 0.571. The Hall–Kier alpha value is -1.15. The summed E-state index contributed by atoms with van der Waals surface area (Å²) in [5.41, 5.74) is 0. The first-order valence-corrected chi connectivity index (χ1v) is 7.35. The minimum Gasteiger partial charge on any atom is -0.313 e. The molecule has 0 aromatic carbocycles. The maximum absolute atomic E-state index is 12.8. The lowest BCUT2D eigenvalue weighted by Gasteiger charge is -2.37. The van der Waals surface area contributed by atoms with Gasteiger partial charge < -0.3 is 9.88 Å². The van der Waals surface area contributed by atoms with E-state index in [1.807, 2.05) is 0 Å². The molecule has 1 aromatic rings. The fourth-order valence-corrected chi connectivity index (χ4v) is 2.91. The Morgan fingerprint density at radius 1 is 1.24 bits per heavy atom. The SMILES string of the molecule is CCNC(CC)C(C)N1CCn2c(nnc2C(F)(F)F)C1. The summed E-state index contributed by atoms with van der Waals surface area (Å²) in [5, 5.41) is 10.4. The van der Waals surface area contributed by atoms with Gasteiger partial charge in [-0.3, -0.25) is 4.90 Å². The molecule has 1 aliphatic heterocycles. The highest BCUT2D eigenvalue weighted by Crippen LogP contribution is 2.29. The van der Waals surface area contributed by atoms with Gasteiger partial charge >= 0.3 is 6.18 Å². The third-order valence-electron chi connectivity index (χ3n) is 4.10. The van der Waals surface area contributed by atoms with Crippen molar-refractivity contribution in [1.29, 1.82) is 0 Å². The first kappa shape index (κ1) is 16.2. The minimum absolute atomic E-state index is 0.245. The molecule has 2 atom stereocenters. The Labute approximate surface area is 122 Å². The molecule has 120 valence electrons. The van der Waals surface area contributed by atoms with E-state index >= 15 is 0 Å². The molecule has 0 saturated heterocycles. The molecule has 0 fully saturated rings. The number of nitrogens with one attached hydrogen (secondary N) is 1. The van der Waals surface area contributed by atoms with Crippen molar-refractivity contribution in [2.75, 3.05) is 13.1 Å². The highest BCUT2D eigenvalue weighted by molar-refractivity contribution is 5.03. The summed E-state index contributed by atoms with van der Waals surface area (Å²) < 4.78 is 39.6. The lowest BCUT2D eigenvalue weighted by atomic mass is 10.0. The van der Waals surface area contributed by atoms with E-state index in [4.69, 9.17) is 0 Å². The topological polar surface area (TPSA) is 46.0 Å². The molecular formula is C13H22F3N5. The van der Waals surface area contributed by atoms with Crippen molar-refractivity contribution in [2.45, 2.75) is 58.5 Å². The van der Waals surface area contributed by atoms with Gasteiger partial charge in [-0.15, -0.1) is 10.2 Å². The summed E-state index contributed by atoms with van der Waals surface area (Å²) in [7, 11) is 0. The molecule has 1 aromatic heterocycles. The zero-order valence-electron chi connectivity index (χ0n) is 12.6. The lowest BCUT2D eigenvalue weighted by Crippen LogP contribution is -2.50. The molecular weight excluding hydrogens is 283 g/mol. The van der Waals surface area contributed by atoms with Crippen LogP contribution in [0, 0.1) is 0 Å². The Kier molecular flexibility index (Phi) is 4.88. The molecule has 0 bridgehead atoms. The second-order valence-electron chi connectivity index (χ2n) is 5.37. The van der Waals surface area contributed by atoms with E-state index in [-0.39, 0.29) is 12.6 Å². The molecule has 0 amide bonds. The zero-order valence-corrected chi connectivity index (χ0v) is 12.6. The summed E-state index contributed by atoms with van der Waals surface area (Å²) in [6.45, 7) is 8.42. The number of rotatable bonds is 5. The van der Waals surface area contributed by atoms with E-state index in [0.29, 0.717) is 25.0 Å². The highest BCUT2D eigenvalue weighted by Gasteiger charge is 2.40. The van der Waals surface area contributed by atoms with E-state index in [1.165, 1.54) is 4.57 Å². The normalized spacial score (nSPS) is 19.3. The predicted molar refractivity (Wildman–Crippen MR) is 72.7 cm³/mol. The van der Waals surface area contributed by atoms with E-state index in [0.717, 1.165) is 13.0 Å². The van der Waals surface area contributed by atoms with Crippen LogP contribution in [0.5, 0.6) is 0 Å². The van der Waals surface area contributed by atoms with Gasteiger partial charge in [-0.1, -0.05) is 13.8 Å². The van der Waals surface area contributed by atoms with Crippen LogP contribution in [0.4, 0.5) is 13.2 Å². The Morgan fingerprint density at radius 2 is 1.95 bits per heavy atom. The summed E-state index contributed by atoms with van der Waals surface area (Å²) in [6.07, 6.45) is -3.46. The molecule has 2 rings (SSSR count). The molecule has 21 heavy (non-hydrogen) atoms. The first-order chi connectivity index (χ1) is 9.88. The second kappa shape index (κ2) is 6.31. The summed E-state index contributed by atoms with van der Waals surface area (Å²) in [5.74, 6) is -0.490. The smallest absolute Gasteiger partial charge is 0.313 e. The van der Waals surface area contributed by atoms with Crippen LogP contribution in [-0.4, -0.2) is 44.8 Å². The van der Waals surface area contributed by atoms with Crippen molar-refractivity contribution in [3.05, 3.63) is 11.6 Å². The average molecular weight is 305 g/mol. The van der Waals surface area contributed by atoms with Crippen LogP contribution in [0.1, 0.15) is 38.8 Å². The lowest BCUT2D eigenvalue weighted by molar-refractivity contribution is -0.148. The van der Waals surface area contributed by atoms with Crippen molar-refractivity contribution < 1.29 is 13.2 Å². The first-order valence-electron chi connectivity index (χ1n) is 7.35. The number of halogens is 3. The Bertz CT molecular complexity index is 471. The van der Waals surface area contributed by atoms with E-state index in [1.54, 1.807) is 0 Å². The van der Waals surface area contributed by atoms with E-state index in [9.17, 15) is 13.2 Å². The largest absolute Gasteiger partial charge is 0.451 e. The fourth-order valence-electron chi connectivity index (χ4n) is 2.91. The third-order valence-corrected chi connectivity index (χ3v) is 4.10. The maximum Gasteiger partial charge on any atom is 0.451 e. The van der Waals surface area contributed by atoms with Crippen LogP contribution in [0.3, 0.4) is 0 Å². The Morgan fingerprint density at radius 3 is 2.52 bits per heavy atom. The number of aromatic nitrogens is 3. The van der Waals surface area contributed by atoms with Crippen LogP contribution in [0.15, 0.2) is 0 Å². The summed E-state index contributed by atoms with van der Waals surface area (Å²) in [4.78, 5) is 2.17. The van der Waals surface area contributed by atoms with Crippen LogP contribution < -0.4 is 5.32 Å². The van der Waals surface area contributed by atoms with Gasteiger partial charge in [0.1, 0.15) is 5.82 Å². The molecule has 0 saturated carbocycles. The van der Waals surface area contributed by atoms with Gasteiger partial charge in [-0.25, -0.2) is 0 Å². The standard InChI is InChI=1S/C13H22F3N5/c1-4-10(17-5-2)9(3)20-6-7-21-11(8-20)18-19-12(21)13(14,15)16/h9-10,17H,4-8H2,1-3H3. The average Bonchev–Trinajstić information content (AvgIpc) is 2.86. The van der Waals surface area contributed by atoms with Crippen LogP contribution in [0.2, 0.25) is 0 Å². The number of fused-ring (bicyclic) bond motifs is 1. The van der Waals surface area contributed by atoms with E-state index < -0.39 is 12.0 Å². The van der Waals surface area contributed by atoms with Gasteiger partial charge in [0.25, 0.3) is 0 Å². The molecule has 0 spiro atoms. The molecule has 8 heteroatoms. The molecule has 1 N–H and O–H groups in total. The van der Waals surface area contributed by atoms with Gasteiger partial charge in [-0.2, -0.15) is 13.2 Å². The monoisotopic (exact) mass is 305 g/mol. The molecule has 2 unspecified atom stereocenters. The van der Waals surface area contributed by atoms with Crippen LogP contribution in [0.25, 0.3) is 0 Å². The van der Waals surface area contributed by atoms with Crippen LogP contribution >= 0.6 is 0 Å². The van der Waals surface area contributed by atoms with Crippen molar-refractivity contribution >= 4 is 0 Å². The predicted octanol–water partition coefficient (Wildman–Crippen LogP) is 1.89. The van der Waals surface area contributed by atoms with E-state index in [2.05, 4.69) is 41.2 Å². The summed E-state index contributed by atoms with van der Waals surface area (Å²) >= 11 is 0. The van der Waals surface area contributed by atoms with Gasteiger partial charge in [0.05, 0.1) is 6.54 Å². The third kappa shape index (κ3) is 3.37. The number of likely N-dealkylation sites (N-methyl/N-ethyl adjacent to an activating group) is 1. The van der Waals surface area contributed by atoms with Gasteiger partial charge in [0.2, 0.25) is 5.82 Å². The quantitative estimate of drug-likeness (QED) is 0.902.